The fraction of sp³-hybridized carbons (Fsp3) is 0.250. The maximum absolute atomic E-state index is 12.3. The molecule has 7 heteroatoms. The van der Waals surface area contributed by atoms with E-state index in [4.69, 9.17) is 0 Å². The van der Waals surface area contributed by atoms with E-state index in [9.17, 15) is 26.3 Å². The van der Waals surface area contributed by atoms with E-state index in [1.165, 1.54) is 18.2 Å². The maximum atomic E-state index is 12.3. The van der Waals surface area contributed by atoms with Crippen LogP contribution in [0.5, 0.6) is 0 Å². The Hall–Kier alpha value is -0.317. The van der Waals surface area contributed by atoms with Crippen LogP contribution in [-0.4, -0.2) is 29.5 Å². The number of halogens is 6. The van der Waals surface area contributed by atoms with Gasteiger partial charge in [-0.2, -0.15) is 0 Å². The summed E-state index contributed by atoms with van der Waals surface area (Å²) >= 11 is -5.70. The predicted molar refractivity (Wildman–Crippen MR) is 43.9 cm³/mol. The molecule has 0 saturated heterocycles. The molecule has 0 saturated carbocycles. The van der Waals surface area contributed by atoms with Crippen LogP contribution in [0.15, 0.2) is 30.3 Å². The van der Waals surface area contributed by atoms with Gasteiger partial charge in [-0.1, -0.05) is 0 Å². The number of hydrogen-bond acceptors (Lipinski definition) is 0. The molecular formula is C8H5BiF6. The SMILES string of the molecule is F[C](F)(F)[Bi]([c]1ccccc1)[C](F)(F)F. The van der Waals surface area contributed by atoms with Gasteiger partial charge in [0.25, 0.3) is 0 Å². The number of alkyl halides is 6. The van der Waals surface area contributed by atoms with Gasteiger partial charge in [0.1, 0.15) is 0 Å². The minimum atomic E-state index is -5.70. The summed E-state index contributed by atoms with van der Waals surface area (Å²) in [4.78, 5) is 0. The van der Waals surface area contributed by atoms with Gasteiger partial charge in [-0.3, -0.25) is 0 Å². The molecule has 0 radical (unpaired) electrons. The first-order chi connectivity index (χ1) is 6.73. The Bertz CT molecular complexity index is 300. The molecule has 15 heavy (non-hydrogen) atoms. The van der Waals surface area contributed by atoms with E-state index in [2.05, 4.69) is 0 Å². The zero-order valence-electron chi connectivity index (χ0n) is 7.10. The molecule has 0 aromatic heterocycles. The third-order valence-electron chi connectivity index (χ3n) is 1.52. The molecule has 0 amide bonds. The average Bonchev–Trinajstić information content (AvgIpc) is 2.00. The van der Waals surface area contributed by atoms with Crippen LogP contribution < -0.4 is 3.27 Å². The van der Waals surface area contributed by atoms with E-state index >= 15 is 0 Å². The van der Waals surface area contributed by atoms with E-state index in [0.29, 0.717) is 0 Å². The summed E-state index contributed by atoms with van der Waals surface area (Å²) in [6.07, 6.45) is 0. The Labute approximate surface area is 89.6 Å². The normalized spacial score (nSPS) is 13.3. The van der Waals surface area contributed by atoms with Gasteiger partial charge in [-0.05, 0) is 0 Å². The van der Waals surface area contributed by atoms with E-state index < -0.39 is 32.8 Å². The van der Waals surface area contributed by atoms with Gasteiger partial charge < -0.3 is 0 Å². The molecule has 0 heterocycles. The minimum absolute atomic E-state index is 0.590. The molecule has 0 unspecified atom stereocenters. The standard InChI is InChI=1S/C6H5.2CF3.Bi/c1-2-4-6-5-3-1;2*2-1(3)4;/h1-5H;;;. The van der Waals surface area contributed by atoms with E-state index in [0.717, 1.165) is 12.1 Å². The van der Waals surface area contributed by atoms with Crippen molar-refractivity contribution in [2.45, 2.75) is 7.77 Å². The first kappa shape index (κ1) is 12.8. The molecule has 0 fully saturated rings. The Morgan fingerprint density at radius 2 is 1.13 bits per heavy atom. The van der Waals surface area contributed by atoms with Gasteiger partial charge in [0, 0.05) is 0 Å². The summed E-state index contributed by atoms with van der Waals surface area (Å²) in [7, 11) is 0. The number of hydrogen-bond donors (Lipinski definition) is 0. The van der Waals surface area contributed by atoms with E-state index in [1.807, 2.05) is 0 Å². The summed E-state index contributed by atoms with van der Waals surface area (Å²) in [5.41, 5.74) is 0. The molecule has 0 atom stereocenters. The molecule has 0 N–H and O–H groups in total. The van der Waals surface area contributed by atoms with Crippen LogP contribution in [0, 0.1) is 0 Å². The molecule has 0 aliphatic carbocycles. The van der Waals surface area contributed by atoms with Gasteiger partial charge >= 0.3 is 89.5 Å². The Kier molecular flexibility index (Phi) is 3.64. The number of rotatable bonds is 1. The summed E-state index contributed by atoms with van der Waals surface area (Å²) < 4.78 is 62.8. The summed E-state index contributed by atoms with van der Waals surface area (Å²) in [5.74, 6) is 0. The van der Waals surface area contributed by atoms with Gasteiger partial charge in [-0.15, -0.1) is 0 Å². The summed E-state index contributed by atoms with van der Waals surface area (Å²) in [6.45, 7) is 0. The van der Waals surface area contributed by atoms with Crippen molar-refractivity contribution in [3.63, 3.8) is 0 Å². The van der Waals surface area contributed by atoms with Crippen molar-refractivity contribution in [2.24, 2.45) is 0 Å². The second-order valence-corrected chi connectivity index (χ2v) is 11.2. The van der Waals surface area contributed by atoms with Crippen molar-refractivity contribution >= 4 is 25.0 Å². The van der Waals surface area contributed by atoms with Crippen molar-refractivity contribution < 1.29 is 26.3 Å². The Balaban J connectivity index is 3.15. The van der Waals surface area contributed by atoms with Crippen LogP contribution in [0.3, 0.4) is 0 Å². The molecule has 0 spiro atoms. The third-order valence-corrected chi connectivity index (χ3v) is 8.63. The van der Waals surface area contributed by atoms with Crippen molar-refractivity contribution in [3.8, 4) is 0 Å². The Morgan fingerprint density at radius 3 is 1.47 bits per heavy atom. The second-order valence-electron chi connectivity index (χ2n) is 2.61. The molecule has 0 aliphatic rings. The predicted octanol–water partition coefficient (Wildman–Crippen LogP) is 2.59. The van der Waals surface area contributed by atoms with Crippen LogP contribution in [0.25, 0.3) is 0 Å². The molecule has 0 aliphatic heterocycles. The quantitative estimate of drug-likeness (QED) is 0.481. The van der Waals surface area contributed by atoms with Crippen LogP contribution in [0.4, 0.5) is 26.3 Å². The molecule has 84 valence electrons. The monoisotopic (exact) mass is 424 g/mol. The van der Waals surface area contributed by atoms with Crippen LogP contribution in [0.2, 0.25) is 0 Å². The van der Waals surface area contributed by atoms with Gasteiger partial charge in [0.05, 0.1) is 0 Å². The molecule has 1 aromatic carbocycles. The molecule has 1 aromatic rings. The second kappa shape index (κ2) is 4.28. The van der Waals surface area contributed by atoms with Crippen molar-refractivity contribution in [1.82, 2.24) is 0 Å². The molecule has 0 nitrogen and oxygen atoms in total. The molecule has 1 rings (SSSR count). The topological polar surface area (TPSA) is 0 Å². The zero-order chi connectivity index (χ0) is 11.7. The molecular weight excluding hydrogens is 419 g/mol. The summed E-state index contributed by atoms with van der Waals surface area (Å²) in [6, 6.07) is 5.57. The fourth-order valence-corrected chi connectivity index (χ4v) is 6.24. The van der Waals surface area contributed by atoms with Crippen LogP contribution in [0.1, 0.15) is 0 Å². The third kappa shape index (κ3) is 3.33. The van der Waals surface area contributed by atoms with Gasteiger partial charge in [0.15, 0.2) is 0 Å². The van der Waals surface area contributed by atoms with Crippen molar-refractivity contribution in [2.75, 3.05) is 0 Å². The van der Waals surface area contributed by atoms with Crippen molar-refractivity contribution in [3.05, 3.63) is 30.3 Å². The zero-order valence-corrected chi connectivity index (χ0v) is 10.6. The Morgan fingerprint density at radius 1 is 0.733 bits per heavy atom. The molecule has 0 bridgehead atoms. The number of benzene rings is 1. The van der Waals surface area contributed by atoms with Crippen molar-refractivity contribution in [1.29, 1.82) is 0 Å². The van der Waals surface area contributed by atoms with Gasteiger partial charge in [0.2, 0.25) is 0 Å². The van der Waals surface area contributed by atoms with E-state index in [1.54, 1.807) is 0 Å². The first-order valence-corrected chi connectivity index (χ1v) is 8.93. The van der Waals surface area contributed by atoms with Gasteiger partial charge in [-0.25, -0.2) is 0 Å². The average molecular weight is 424 g/mol. The fourth-order valence-electron chi connectivity index (χ4n) is 1.01. The van der Waals surface area contributed by atoms with Crippen LogP contribution >= 0.6 is 0 Å². The van der Waals surface area contributed by atoms with E-state index in [-0.39, 0.29) is 0 Å². The first-order valence-electron chi connectivity index (χ1n) is 3.72. The van der Waals surface area contributed by atoms with Crippen LogP contribution in [-0.2, 0) is 0 Å². The summed E-state index contributed by atoms with van der Waals surface area (Å²) in [5, 5.41) is 0.